The van der Waals surface area contributed by atoms with Crippen LogP contribution < -0.4 is 10.6 Å². The Labute approximate surface area is 151 Å². The van der Waals surface area contributed by atoms with E-state index in [1.165, 1.54) is 19.3 Å². The highest BCUT2D eigenvalue weighted by Gasteiger charge is 2.18. The molecule has 1 fully saturated rings. The van der Waals surface area contributed by atoms with Gasteiger partial charge in [0.05, 0.1) is 0 Å². The molecule has 1 saturated heterocycles. The molecule has 2 rings (SSSR count). The fourth-order valence-electron chi connectivity index (χ4n) is 3.54. The van der Waals surface area contributed by atoms with Gasteiger partial charge in [-0.15, -0.1) is 0 Å². The van der Waals surface area contributed by atoms with Crippen molar-refractivity contribution in [2.24, 2.45) is 5.92 Å². The summed E-state index contributed by atoms with van der Waals surface area (Å²) in [7, 11) is 0. The van der Waals surface area contributed by atoms with E-state index in [1.807, 2.05) is 32.9 Å². The van der Waals surface area contributed by atoms with Crippen molar-refractivity contribution in [3.63, 3.8) is 0 Å². The Hall–Kier alpha value is -1.88. The van der Waals surface area contributed by atoms with Crippen molar-refractivity contribution in [1.82, 2.24) is 10.2 Å². The molecule has 0 saturated carbocycles. The molecule has 1 aliphatic heterocycles. The van der Waals surface area contributed by atoms with Crippen LogP contribution in [0.5, 0.6) is 0 Å². The standard InChI is InChI=1S/C20H31N3O2/c1-14-10-16(3)18(17(4)11-14)22-20(25)19(24)21-12-15(2)13-23-8-6-5-7-9-23/h10-11,15H,5-9,12-13H2,1-4H3,(H,21,24)(H,22,25). The molecule has 0 aromatic heterocycles. The number of nitrogens with zero attached hydrogens (tertiary/aromatic N) is 1. The van der Waals surface area contributed by atoms with Gasteiger partial charge in [0, 0.05) is 18.8 Å². The Morgan fingerprint density at radius 3 is 2.24 bits per heavy atom. The highest BCUT2D eigenvalue weighted by Crippen LogP contribution is 2.21. The SMILES string of the molecule is Cc1cc(C)c(NC(=O)C(=O)NCC(C)CN2CCCCC2)c(C)c1. The Kier molecular flexibility index (Phi) is 7.00. The molecule has 2 N–H and O–H groups in total. The number of benzene rings is 1. The van der Waals surface area contributed by atoms with Gasteiger partial charge in [0.1, 0.15) is 0 Å². The number of rotatable bonds is 5. The summed E-state index contributed by atoms with van der Waals surface area (Å²) in [6, 6.07) is 4.00. The predicted octanol–water partition coefficient (Wildman–Crippen LogP) is 2.79. The minimum atomic E-state index is -0.597. The third-order valence-electron chi connectivity index (χ3n) is 4.75. The molecule has 0 aliphatic carbocycles. The number of likely N-dealkylation sites (tertiary alicyclic amines) is 1. The van der Waals surface area contributed by atoms with Crippen LogP contribution in [0.25, 0.3) is 0 Å². The van der Waals surface area contributed by atoms with Crippen LogP contribution in [0.1, 0.15) is 42.9 Å². The lowest BCUT2D eigenvalue weighted by molar-refractivity contribution is -0.136. The first kappa shape index (κ1) is 19.4. The van der Waals surface area contributed by atoms with Gasteiger partial charge in [0.2, 0.25) is 0 Å². The molecular weight excluding hydrogens is 314 g/mol. The number of hydrogen-bond donors (Lipinski definition) is 2. The zero-order chi connectivity index (χ0) is 18.4. The minimum Gasteiger partial charge on any atom is -0.348 e. The highest BCUT2D eigenvalue weighted by atomic mass is 16.2. The number of carbonyl (C=O) groups excluding carboxylic acids is 2. The van der Waals surface area contributed by atoms with Crippen LogP contribution in [-0.4, -0.2) is 42.9 Å². The number of piperidine rings is 1. The van der Waals surface area contributed by atoms with Gasteiger partial charge in [-0.25, -0.2) is 0 Å². The lowest BCUT2D eigenvalue weighted by Gasteiger charge is -2.29. The largest absolute Gasteiger partial charge is 0.348 e. The quantitative estimate of drug-likeness (QED) is 0.807. The summed E-state index contributed by atoms with van der Waals surface area (Å²) in [5, 5.41) is 5.51. The van der Waals surface area contributed by atoms with Gasteiger partial charge in [-0.2, -0.15) is 0 Å². The number of anilines is 1. The van der Waals surface area contributed by atoms with Crippen LogP contribution in [0.2, 0.25) is 0 Å². The van der Waals surface area contributed by atoms with Gasteiger partial charge >= 0.3 is 11.8 Å². The molecule has 1 aromatic rings. The Balaban J connectivity index is 1.81. The molecule has 138 valence electrons. The van der Waals surface area contributed by atoms with E-state index in [2.05, 4.69) is 22.5 Å². The van der Waals surface area contributed by atoms with Gasteiger partial charge < -0.3 is 15.5 Å². The second kappa shape index (κ2) is 8.99. The van der Waals surface area contributed by atoms with Crippen molar-refractivity contribution >= 4 is 17.5 Å². The van der Waals surface area contributed by atoms with Crippen molar-refractivity contribution in [1.29, 1.82) is 0 Å². The van der Waals surface area contributed by atoms with Crippen LogP contribution in [0, 0.1) is 26.7 Å². The summed E-state index contributed by atoms with van der Waals surface area (Å²) in [5.74, 6) is -0.831. The predicted molar refractivity (Wildman–Crippen MR) is 102 cm³/mol. The maximum absolute atomic E-state index is 12.2. The summed E-state index contributed by atoms with van der Waals surface area (Å²) in [6.45, 7) is 11.8. The maximum atomic E-state index is 12.2. The van der Waals surface area contributed by atoms with E-state index >= 15 is 0 Å². The highest BCUT2D eigenvalue weighted by molar-refractivity contribution is 6.39. The number of nitrogens with one attached hydrogen (secondary N) is 2. The van der Waals surface area contributed by atoms with E-state index in [0.717, 1.165) is 42.0 Å². The van der Waals surface area contributed by atoms with E-state index in [4.69, 9.17) is 0 Å². The first-order valence-corrected chi connectivity index (χ1v) is 9.26. The number of hydrogen-bond acceptors (Lipinski definition) is 3. The van der Waals surface area contributed by atoms with Crippen molar-refractivity contribution in [2.75, 3.05) is 31.5 Å². The van der Waals surface area contributed by atoms with Crippen LogP contribution in [-0.2, 0) is 9.59 Å². The van der Waals surface area contributed by atoms with Gasteiger partial charge in [0.15, 0.2) is 0 Å². The molecule has 2 amide bonds. The van der Waals surface area contributed by atoms with E-state index in [1.54, 1.807) is 0 Å². The fraction of sp³-hybridized carbons (Fsp3) is 0.600. The lowest BCUT2D eigenvalue weighted by Crippen LogP contribution is -2.41. The van der Waals surface area contributed by atoms with Gasteiger partial charge in [0.25, 0.3) is 0 Å². The lowest BCUT2D eigenvalue weighted by atomic mass is 10.1. The average Bonchev–Trinajstić information content (AvgIpc) is 2.56. The molecule has 25 heavy (non-hydrogen) atoms. The van der Waals surface area contributed by atoms with Crippen LogP contribution in [0.3, 0.4) is 0 Å². The molecule has 0 bridgehead atoms. The summed E-state index contributed by atoms with van der Waals surface area (Å²) >= 11 is 0. The minimum absolute atomic E-state index is 0.331. The Morgan fingerprint density at radius 2 is 1.64 bits per heavy atom. The van der Waals surface area contributed by atoms with Crippen molar-refractivity contribution in [3.05, 3.63) is 28.8 Å². The topological polar surface area (TPSA) is 61.4 Å². The first-order chi connectivity index (χ1) is 11.9. The third-order valence-corrected chi connectivity index (χ3v) is 4.75. The second-order valence-corrected chi connectivity index (χ2v) is 7.40. The van der Waals surface area contributed by atoms with E-state index in [-0.39, 0.29) is 0 Å². The molecule has 1 heterocycles. The average molecular weight is 345 g/mol. The van der Waals surface area contributed by atoms with Crippen molar-refractivity contribution < 1.29 is 9.59 Å². The Bertz CT molecular complexity index is 598. The van der Waals surface area contributed by atoms with E-state index in [9.17, 15) is 9.59 Å². The molecule has 0 spiro atoms. The van der Waals surface area contributed by atoms with E-state index < -0.39 is 11.8 Å². The Morgan fingerprint density at radius 1 is 1.04 bits per heavy atom. The molecule has 5 heteroatoms. The van der Waals surface area contributed by atoms with Crippen molar-refractivity contribution in [2.45, 2.75) is 47.0 Å². The van der Waals surface area contributed by atoms with Gasteiger partial charge in [-0.3, -0.25) is 9.59 Å². The molecule has 5 nitrogen and oxygen atoms in total. The third kappa shape index (κ3) is 5.85. The molecule has 1 aliphatic rings. The summed E-state index contributed by atoms with van der Waals surface area (Å²) in [5.41, 5.74) is 3.81. The number of amides is 2. The number of carbonyl (C=O) groups is 2. The fourth-order valence-corrected chi connectivity index (χ4v) is 3.54. The van der Waals surface area contributed by atoms with Gasteiger partial charge in [-0.05, 0) is 63.7 Å². The molecule has 1 aromatic carbocycles. The zero-order valence-electron chi connectivity index (χ0n) is 15.9. The van der Waals surface area contributed by atoms with Gasteiger partial charge in [-0.1, -0.05) is 31.0 Å². The monoisotopic (exact) mass is 345 g/mol. The molecule has 0 radical (unpaired) electrons. The molecular formula is C20H31N3O2. The summed E-state index contributed by atoms with van der Waals surface area (Å²) in [6.07, 6.45) is 3.84. The van der Waals surface area contributed by atoms with Crippen LogP contribution >= 0.6 is 0 Å². The zero-order valence-corrected chi connectivity index (χ0v) is 15.9. The first-order valence-electron chi connectivity index (χ1n) is 9.26. The van der Waals surface area contributed by atoms with E-state index in [0.29, 0.717) is 12.5 Å². The normalized spacial score (nSPS) is 16.3. The van der Waals surface area contributed by atoms with Crippen LogP contribution in [0.4, 0.5) is 5.69 Å². The second-order valence-electron chi connectivity index (χ2n) is 7.40. The summed E-state index contributed by atoms with van der Waals surface area (Å²) in [4.78, 5) is 26.7. The maximum Gasteiger partial charge on any atom is 0.313 e. The van der Waals surface area contributed by atoms with Crippen LogP contribution in [0.15, 0.2) is 12.1 Å². The smallest absolute Gasteiger partial charge is 0.313 e. The number of aryl methyl sites for hydroxylation is 3. The molecule has 1 unspecified atom stereocenters. The molecule has 1 atom stereocenters. The van der Waals surface area contributed by atoms with Crippen molar-refractivity contribution in [3.8, 4) is 0 Å². The summed E-state index contributed by atoms with van der Waals surface area (Å²) < 4.78 is 0.